The summed E-state index contributed by atoms with van der Waals surface area (Å²) in [7, 11) is 0. The normalized spacial score (nSPS) is 10.4. The third kappa shape index (κ3) is 2.84. The Kier molecular flexibility index (Phi) is 4.24. The molecule has 0 aliphatic carbocycles. The van der Waals surface area contributed by atoms with E-state index < -0.39 is 0 Å². The van der Waals surface area contributed by atoms with Gasteiger partial charge in [0.1, 0.15) is 17.5 Å². The Morgan fingerprint density at radius 3 is 2.38 bits per heavy atom. The van der Waals surface area contributed by atoms with Crippen LogP contribution < -0.4 is 5.73 Å². The number of benzene rings is 2. The summed E-state index contributed by atoms with van der Waals surface area (Å²) in [5.74, 6) is 0.230. The van der Waals surface area contributed by atoms with Gasteiger partial charge in [-0.05, 0) is 37.1 Å². The highest BCUT2D eigenvalue weighted by atomic mass is 35.5. The maximum Gasteiger partial charge on any atom is 0.142 e. The van der Waals surface area contributed by atoms with Crippen molar-refractivity contribution >= 4 is 17.4 Å². The third-order valence-electron chi connectivity index (χ3n) is 4.02. The Labute approximate surface area is 146 Å². The average molecular weight is 334 g/mol. The van der Waals surface area contributed by atoms with Crippen LogP contribution in [0.25, 0.3) is 22.4 Å². The van der Waals surface area contributed by atoms with Crippen molar-refractivity contribution in [1.29, 1.82) is 5.26 Å². The van der Waals surface area contributed by atoms with Crippen LogP contribution in [0.4, 0.5) is 5.82 Å². The molecule has 3 aromatic rings. The molecule has 3 rings (SSSR count). The molecule has 0 saturated carbocycles. The van der Waals surface area contributed by atoms with Crippen molar-refractivity contribution in [3.05, 3.63) is 70.2 Å². The van der Waals surface area contributed by atoms with Crippen molar-refractivity contribution in [2.45, 2.75) is 13.8 Å². The van der Waals surface area contributed by atoms with E-state index >= 15 is 0 Å². The summed E-state index contributed by atoms with van der Waals surface area (Å²) in [6.45, 7) is 3.98. The van der Waals surface area contributed by atoms with Gasteiger partial charge in [-0.25, -0.2) is 4.98 Å². The quantitative estimate of drug-likeness (QED) is 0.706. The minimum absolute atomic E-state index is 0.230. The average Bonchev–Trinajstić information content (AvgIpc) is 2.57. The van der Waals surface area contributed by atoms with Crippen molar-refractivity contribution in [3.8, 4) is 28.5 Å². The van der Waals surface area contributed by atoms with E-state index in [9.17, 15) is 5.26 Å². The second-order valence-corrected chi connectivity index (χ2v) is 6.15. The molecule has 2 aromatic carbocycles. The highest BCUT2D eigenvalue weighted by molar-refractivity contribution is 6.30. The standard InChI is InChI=1S/C20H16ClN3/c1-12-6-8-14(9-7-12)18-13(2)19(24-20(23)17(18)11-22)15-4-3-5-16(21)10-15/h3-10H,1-2H3,(H2,23,24). The molecule has 24 heavy (non-hydrogen) atoms. The fourth-order valence-electron chi connectivity index (χ4n) is 2.81. The van der Waals surface area contributed by atoms with Gasteiger partial charge in [0.05, 0.1) is 5.69 Å². The van der Waals surface area contributed by atoms with E-state index in [-0.39, 0.29) is 5.82 Å². The number of nitriles is 1. The fourth-order valence-corrected chi connectivity index (χ4v) is 3.00. The van der Waals surface area contributed by atoms with Gasteiger partial charge in [-0.1, -0.05) is 53.6 Å². The first kappa shape index (κ1) is 16.0. The first-order valence-corrected chi connectivity index (χ1v) is 7.92. The number of anilines is 1. The predicted molar refractivity (Wildman–Crippen MR) is 98.7 cm³/mol. The van der Waals surface area contributed by atoms with Crippen LogP contribution in [0.15, 0.2) is 48.5 Å². The molecular weight excluding hydrogens is 318 g/mol. The Hall–Kier alpha value is -2.83. The summed E-state index contributed by atoms with van der Waals surface area (Å²) in [5, 5.41) is 10.2. The topological polar surface area (TPSA) is 62.7 Å². The number of halogens is 1. The number of nitrogen functional groups attached to an aromatic ring is 1. The first-order valence-electron chi connectivity index (χ1n) is 7.54. The van der Waals surface area contributed by atoms with Crippen LogP contribution in [0.5, 0.6) is 0 Å². The zero-order chi connectivity index (χ0) is 17.3. The number of pyridine rings is 1. The molecule has 0 radical (unpaired) electrons. The molecule has 118 valence electrons. The Morgan fingerprint density at radius 2 is 1.75 bits per heavy atom. The molecule has 3 nitrogen and oxygen atoms in total. The van der Waals surface area contributed by atoms with Gasteiger partial charge in [0, 0.05) is 16.1 Å². The highest BCUT2D eigenvalue weighted by Crippen LogP contribution is 2.36. The van der Waals surface area contributed by atoms with Crippen LogP contribution >= 0.6 is 11.6 Å². The van der Waals surface area contributed by atoms with Crippen molar-refractivity contribution in [2.75, 3.05) is 5.73 Å². The maximum atomic E-state index is 9.55. The summed E-state index contributed by atoms with van der Waals surface area (Å²) in [4.78, 5) is 4.46. The number of aryl methyl sites for hydroxylation is 1. The maximum absolute atomic E-state index is 9.55. The molecule has 0 spiro atoms. The molecule has 0 atom stereocenters. The van der Waals surface area contributed by atoms with Crippen molar-refractivity contribution in [3.63, 3.8) is 0 Å². The first-order chi connectivity index (χ1) is 11.5. The monoisotopic (exact) mass is 333 g/mol. The predicted octanol–water partition coefficient (Wildman–Crippen LogP) is 5.14. The lowest BCUT2D eigenvalue weighted by Crippen LogP contribution is -2.03. The van der Waals surface area contributed by atoms with Gasteiger partial charge >= 0.3 is 0 Å². The largest absolute Gasteiger partial charge is 0.383 e. The molecule has 0 amide bonds. The van der Waals surface area contributed by atoms with E-state index in [0.29, 0.717) is 10.6 Å². The van der Waals surface area contributed by atoms with Gasteiger partial charge in [0.25, 0.3) is 0 Å². The molecule has 1 aromatic heterocycles. The summed E-state index contributed by atoms with van der Waals surface area (Å²) in [6, 6.07) is 17.7. The Morgan fingerprint density at radius 1 is 1.04 bits per heavy atom. The van der Waals surface area contributed by atoms with Gasteiger partial charge in [0.2, 0.25) is 0 Å². The molecule has 1 heterocycles. The van der Waals surface area contributed by atoms with Crippen LogP contribution in [0.3, 0.4) is 0 Å². The molecular formula is C20H16ClN3. The van der Waals surface area contributed by atoms with E-state index in [1.54, 1.807) is 0 Å². The molecule has 0 saturated heterocycles. The molecule has 2 N–H and O–H groups in total. The third-order valence-corrected chi connectivity index (χ3v) is 4.25. The number of nitrogens with zero attached hydrogens (tertiary/aromatic N) is 2. The molecule has 0 aliphatic heterocycles. The lowest BCUT2D eigenvalue weighted by Gasteiger charge is -2.15. The van der Waals surface area contributed by atoms with Crippen molar-refractivity contribution in [1.82, 2.24) is 4.98 Å². The second kappa shape index (κ2) is 6.35. The Balaban J connectivity index is 2.32. The SMILES string of the molecule is Cc1ccc(-c2c(C)c(-c3cccc(Cl)c3)nc(N)c2C#N)cc1. The zero-order valence-corrected chi connectivity index (χ0v) is 14.2. The Bertz CT molecular complexity index is 954. The van der Waals surface area contributed by atoms with E-state index in [1.165, 1.54) is 0 Å². The summed E-state index contributed by atoms with van der Waals surface area (Å²) < 4.78 is 0. The smallest absolute Gasteiger partial charge is 0.142 e. The van der Waals surface area contributed by atoms with Gasteiger partial charge < -0.3 is 5.73 Å². The summed E-state index contributed by atoms with van der Waals surface area (Å²) in [6.07, 6.45) is 0. The zero-order valence-electron chi connectivity index (χ0n) is 13.5. The fraction of sp³-hybridized carbons (Fsp3) is 0.100. The molecule has 0 bridgehead atoms. The minimum atomic E-state index is 0.230. The van der Waals surface area contributed by atoms with Gasteiger partial charge in [-0.15, -0.1) is 0 Å². The number of hydrogen-bond donors (Lipinski definition) is 1. The minimum Gasteiger partial charge on any atom is -0.383 e. The number of nitrogens with two attached hydrogens (primary N) is 1. The van der Waals surface area contributed by atoms with Gasteiger partial charge in [-0.2, -0.15) is 5.26 Å². The van der Waals surface area contributed by atoms with E-state index in [2.05, 4.69) is 11.1 Å². The van der Waals surface area contributed by atoms with Crippen LogP contribution in [-0.2, 0) is 0 Å². The molecule has 0 aliphatic rings. The van der Waals surface area contributed by atoms with E-state index in [4.69, 9.17) is 17.3 Å². The van der Waals surface area contributed by atoms with Crippen LogP contribution in [0.1, 0.15) is 16.7 Å². The van der Waals surface area contributed by atoms with Gasteiger partial charge in [-0.3, -0.25) is 0 Å². The second-order valence-electron chi connectivity index (χ2n) is 5.71. The van der Waals surface area contributed by atoms with Crippen LogP contribution in [0.2, 0.25) is 5.02 Å². The van der Waals surface area contributed by atoms with Crippen molar-refractivity contribution in [2.24, 2.45) is 0 Å². The van der Waals surface area contributed by atoms with Crippen LogP contribution in [-0.4, -0.2) is 4.98 Å². The van der Waals surface area contributed by atoms with Crippen molar-refractivity contribution < 1.29 is 0 Å². The van der Waals surface area contributed by atoms with Crippen LogP contribution in [0, 0.1) is 25.2 Å². The lowest BCUT2D eigenvalue weighted by atomic mass is 9.92. The van der Waals surface area contributed by atoms with E-state index in [1.807, 2.05) is 62.4 Å². The summed E-state index contributed by atoms with van der Waals surface area (Å²) in [5.41, 5.74) is 11.9. The lowest BCUT2D eigenvalue weighted by molar-refractivity contribution is 1.26. The molecule has 0 fully saturated rings. The summed E-state index contributed by atoms with van der Waals surface area (Å²) >= 11 is 6.11. The molecule has 0 unspecified atom stereocenters. The highest BCUT2D eigenvalue weighted by Gasteiger charge is 2.18. The number of hydrogen-bond acceptors (Lipinski definition) is 3. The number of aromatic nitrogens is 1. The van der Waals surface area contributed by atoms with E-state index in [0.717, 1.165) is 33.5 Å². The molecule has 4 heteroatoms. The van der Waals surface area contributed by atoms with Gasteiger partial charge in [0.15, 0.2) is 0 Å². The number of rotatable bonds is 2.